The standard InChI is InChI=1S/C39H45N2O6.2HI/c1-40-16-14-26-21-29(42-4)23-34-36(26)30(40)18-24-8-11-28(12-9-24)46-39-37-27(22-35(44-6)38(39)45-7)15-17-41(2,3)31(37)19-25-10-13-32(47-34)33(20-25)43-5;;/h8-13,20-23,30-31H,14-19H2,1-7H3;2*1H/q+1;;/p-1/t30-,31+;;/m0../s1. The van der Waals surface area contributed by atoms with Crippen LogP contribution in [0.3, 0.4) is 0 Å². The Labute approximate surface area is 324 Å². The Morgan fingerprint density at radius 3 is 2.12 bits per heavy atom. The first-order valence-electron chi connectivity index (χ1n) is 16.4. The molecule has 49 heavy (non-hydrogen) atoms. The van der Waals surface area contributed by atoms with Crippen LogP contribution in [-0.4, -0.2) is 72.1 Å². The van der Waals surface area contributed by atoms with Crippen LogP contribution in [0.25, 0.3) is 0 Å². The van der Waals surface area contributed by atoms with E-state index in [-0.39, 0.29) is 60.0 Å². The molecule has 6 aliphatic heterocycles. The average Bonchev–Trinajstić information content (AvgIpc) is 3.07. The van der Waals surface area contributed by atoms with Crippen LogP contribution in [0.2, 0.25) is 0 Å². The topological polar surface area (TPSA) is 58.6 Å². The van der Waals surface area contributed by atoms with Crippen LogP contribution >= 0.6 is 24.0 Å². The third kappa shape index (κ3) is 7.02. The molecule has 0 spiro atoms. The second-order valence-electron chi connectivity index (χ2n) is 13.5. The van der Waals surface area contributed by atoms with Crippen molar-refractivity contribution in [2.75, 3.05) is 62.7 Å². The van der Waals surface area contributed by atoms with Gasteiger partial charge in [0, 0.05) is 37.1 Å². The van der Waals surface area contributed by atoms with Crippen LogP contribution < -0.4 is 52.4 Å². The molecule has 4 aromatic rings. The first kappa shape index (κ1) is 37.3. The molecule has 4 bridgehead atoms. The van der Waals surface area contributed by atoms with Gasteiger partial charge < -0.3 is 56.9 Å². The number of halogens is 2. The molecule has 6 heterocycles. The number of rotatable bonds is 4. The maximum absolute atomic E-state index is 6.84. The summed E-state index contributed by atoms with van der Waals surface area (Å²) >= 11 is 0. The van der Waals surface area contributed by atoms with Crippen LogP contribution in [0, 0.1) is 0 Å². The minimum Gasteiger partial charge on any atom is -1.00 e. The van der Waals surface area contributed by atoms with Crippen molar-refractivity contribution in [1.29, 1.82) is 0 Å². The summed E-state index contributed by atoms with van der Waals surface area (Å²) in [5, 5.41) is 0. The molecule has 4 aromatic carbocycles. The number of ether oxygens (including phenoxy) is 6. The Bertz CT molecular complexity index is 1810. The number of hydrogen-bond donors (Lipinski definition) is 0. The molecule has 262 valence electrons. The van der Waals surface area contributed by atoms with Crippen molar-refractivity contribution in [1.82, 2.24) is 4.90 Å². The predicted molar refractivity (Wildman–Crippen MR) is 197 cm³/mol. The molecule has 0 amide bonds. The van der Waals surface area contributed by atoms with E-state index in [2.05, 4.69) is 74.6 Å². The van der Waals surface area contributed by atoms with E-state index in [0.29, 0.717) is 23.0 Å². The van der Waals surface area contributed by atoms with Crippen molar-refractivity contribution in [3.05, 3.63) is 94.0 Å². The third-order valence-electron chi connectivity index (χ3n) is 10.4. The van der Waals surface area contributed by atoms with Gasteiger partial charge in [-0.15, -0.1) is 24.0 Å². The average molecular weight is 893 g/mol. The fourth-order valence-electron chi connectivity index (χ4n) is 7.64. The quantitative estimate of drug-likeness (QED) is 0.213. The summed E-state index contributed by atoms with van der Waals surface area (Å²) in [5.74, 6) is 5.74. The molecule has 0 saturated heterocycles. The number of nitrogens with zero attached hydrogens (tertiary/aromatic N) is 2. The Morgan fingerprint density at radius 2 is 1.43 bits per heavy atom. The second kappa shape index (κ2) is 15.1. The largest absolute Gasteiger partial charge is 1.00 e. The summed E-state index contributed by atoms with van der Waals surface area (Å²) in [6.07, 6.45) is 3.40. The molecule has 0 saturated carbocycles. The molecular formula is C39H46I2N2O6. The van der Waals surface area contributed by atoms with Gasteiger partial charge in [0.05, 0.1) is 54.6 Å². The zero-order valence-corrected chi connectivity index (χ0v) is 33.8. The van der Waals surface area contributed by atoms with Crippen molar-refractivity contribution in [3.8, 4) is 46.0 Å². The highest BCUT2D eigenvalue weighted by Crippen LogP contribution is 2.52. The molecule has 0 N–H and O–H groups in total. The molecule has 0 aromatic heterocycles. The number of likely N-dealkylation sites (N-methyl/N-ethyl adjacent to an activating group) is 2. The van der Waals surface area contributed by atoms with Gasteiger partial charge in [-0.25, -0.2) is 0 Å². The van der Waals surface area contributed by atoms with Gasteiger partial charge in [0.15, 0.2) is 23.0 Å². The first-order chi connectivity index (χ1) is 22.7. The SMILES string of the molecule is COc1cc2c3c(c1)Oc1ccc(cc1OC)C[C@@H]1c4c(cc(OC)c(OC)c4Oc4ccc(cc4)C[C@@H]3N(C)CC2)CC[N+]1(C)C.I.[I-]. The molecule has 8 nitrogen and oxygen atoms in total. The molecule has 10 rings (SSSR count). The smallest absolute Gasteiger partial charge is 0.204 e. The molecule has 0 fully saturated rings. The number of methoxy groups -OCH3 is 4. The minimum atomic E-state index is 0. The summed E-state index contributed by atoms with van der Waals surface area (Å²) in [5.41, 5.74) is 7.17. The molecule has 0 unspecified atom stereocenters. The van der Waals surface area contributed by atoms with Crippen LogP contribution in [0.5, 0.6) is 46.0 Å². The van der Waals surface area contributed by atoms with Crippen LogP contribution in [-0.2, 0) is 25.7 Å². The monoisotopic (exact) mass is 892 g/mol. The van der Waals surface area contributed by atoms with Crippen LogP contribution in [0.1, 0.15) is 45.5 Å². The van der Waals surface area contributed by atoms with E-state index < -0.39 is 0 Å². The third-order valence-corrected chi connectivity index (χ3v) is 10.4. The van der Waals surface area contributed by atoms with E-state index in [1.807, 2.05) is 12.1 Å². The fourth-order valence-corrected chi connectivity index (χ4v) is 7.64. The van der Waals surface area contributed by atoms with Gasteiger partial charge in [0.1, 0.15) is 23.3 Å². The van der Waals surface area contributed by atoms with Crippen LogP contribution in [0.4, 0.5) is 0 Å². The molecule has 10 heteroatoms. The van der Waals surface area contributed by atoms with Crippen molar-refractivity contribution in [2.45, 2.75) is 37.8 Å². The number of quaternary nitrogens is 1. The summed E-state index contributed by atoms with van der Waals surface area (Å²) in [7, 11) is 13.6. The maximum Gasteiger partial charge on any atom is 0.204 e. The summed E-state index contributed by atoms with van der Waals surface area (Å²) in [4.78, 5) is 2.41. The predicted octanol–water partition coefficient (Wildman–Crippen LogP) is 4.93. The summed E-state index contributed by atoms with van der Waals surface area (Å²) in [6, 6.07) is 21.3. The van der Waals surface area contributed by atoms with E-state index in [1.165, 1.54) is 22.3 Å². The Kier molecular flexibility index (Phi) is 11.5. The number of hydrogen-bond acceptors (Lipinski definition) is 7. The Morgan fingerprint density at radius 1 is 0.714 bits per heavy atom. The van der Waals surface area contributed by atoms with Gasteiger partial charge in [0.25, 0.3) is 0 Å². The highest BCUT2D eigenvalue weighted by molar-refractivity contribution is 14.0. The molecule has 2 atom stereocenters. The maximum atomic E-state index is 6.84. The zero-order chi connectivity index (χ0) is 32.9. The lowest BCUT2D eigenvalue weighted by Crippen LogP contribution is -3.00. The second-order valence-corrected chi connectivity index (χ2v) is 13.5. The van der Waals surface area contributed by atoms with Gasteiger partial charge >= 0.3 is 0 Å². The highest BCUT2D eigenvalue weighted by Gasteiger charge is 2.41. The first-order valence-corrected chi connectivity index (χ1v) is 16.4. The van der Waals surface area contributed by atoms with Gasteiger partial charge in [-0.1, -0.05) is 18.2 Å². The van der Waals surface area contributed by atoms with Gasteiger partial charge in [-0.3, -0.25) is 4.90 Å². The van der Waals surface area contributed by atoms with Crippen molar-refractivity contribution in [3.63, 3.8) is 0 Å². The lowest BCUT2D eigenvalue weighted by Gasteiger charge is -2.43. The van der Waals surface area contributed by atoms with Gasteiger partial charge in [0.2, 0.25) is 5.75 Å². The lowest BCUT2D eigenvalue weighted by molar-refractivity contribution is -0.923. The van der Waals surface area contributed by atoms with E-state index in [9.17, 15) is 0 Å². The van der Waals surface area contributed by atoms with Gasteiger partial charge in [-0.2, -0.15) is 0 Å². The lowest BCUT2D eigenvalue weighted by atomic mass is 9.85. The van der Waals surface area contributed by atoms with Crippen molar-refractivity contribution in [2.24, 2.45) is 0 Å². The fraction of sp³-hybridized carbons (Fsp3) is 0.385. The van der Waals surface area contributed by atoms with E-state index in [1.54, 1.807) is 28.4 Å². The van der Waals surface area contributed by atoms with Crippen molar-refractivity contribution >= 4 is 24.0 Å². The zero-order valence-electron chi connectivity index (χ0n) is 29.3. The molecule has 6 aliphatic rings. The Hall–Kier alpha value is -2.94. The van der Waals surface area contributed by atoms with E-state index in [4.69, 9.17) is 28.4 Å². The van der Waals surface area contributed by atoms with Crippen LogP contribution in [0.15, 0.2) is 60.7 Å². The molecule has 0 aliphatic carbocycles. The normalized spacial score (nSPS) is 18.9. The molecule has 0 radical (unpaired) electrons. The van der Waals surface area contributed by atoms with E-state index >= 15 is 0 Å². The van der Waals surface area contributed by atoms with Gasteiger partial charge in [-0.05, 0) is 78.5 Å². The van der Waals surface area contributed by atoms with Crippen molar-refractivity contribution < 1.29 is 56.9 Å². The Balaban J connectivity index is 0.00000234. The van der Waals surface area contributed by atoms with E-state index in [0.717, 1.165) is 77.4 Å². The minimum absolute atomic E-state index is 0. The summed E-state index contributed by atoms with van der Waals surface area (Å²) < 4.78 is 38.0. The molecular weight excluding hydrogens is 846 g/mol. The summed E-state index contributed by atoms with van der Waals surface area (Å²) in [6.45, 7) is 1.93. The highest BCUT2D eigenvalue weighted by atomic mass is 127. The number of benzene rings is 4.